The molecule has 0 heterocycles. The molecule has 0 amide bonds. The molecular weight excluding hydrogens is 280 g/mol. The Morgan fingerprint density at radius 2 is 1.18 bits per heavy atom. The fourth-order valence-electron chi connectivity index (χ4n) is 1.86. The van der Waals surface area contributed by atoms with Gasteiger partial charge in [0.1, 0.15) is 0 Å². The molecule has 22 heavy (non-hydrogen) atoms. The Morgan fingerprint density at radius 1 is 0.727 bits per heavy atom. The molecule has 1 aromatic carbocycles. The van der Waals surface area contributed by atoms with Crippen molar-refractivity contribution in [1.29, 1.82) is 0 Å². The lowest BCUT2D eigenvalue weighted by molar-refractivity contribution is 0.225. The molecule has 4 heteroatoms. The highest BCUT2D eigenvalue weighted by molar-refractivity contribution is 5.58. The van der Waals surface area contributed by atoms with Crippen LogP contribution in [-0.2, 0) is 5.11 Å². The molecule has 0 aliphatic carbocycles. The third kappa shape index (κ3) is 6.04. The molecule has 0 aliphatic rings. The zero-order valence-corrected chi connectivity index (χ0v) is 14.2. The zero-order chi connectivity index (χ0) is 16.2. The smallest absolute Gasteiger partial charge is 0.265 e. The molecule has 0 aromatic heterocycles. The van der Waals surface area contributed by atoms with E-state index >= 15 is 0 Å². The van der Waals surface area contributed by atoms with Crippen molar-refractivity contribution < 1.29 is 19.3 Å². The maximum atomic E-state index is 12.5. The van der Waals surface area contributed by atoms with E-state index in [0.717, 1.165) is 38.5 Å². The number of hydrogen-bond acceptors (Lipinski definition) is 3. The molecule has 0 saturated heterocycles. The fourth-order valence-corrected chi connectivity index (χ4v) is 1.86. The highest BCUT2D eigenvalue weighted by Gasteiger charge is 2.18. The van der Waals surface area contributed by atoms with Gasteiger partial charge in [0, 0.05) is 0 Å². The van der Waals surface area contributed by atoms with E-state index in [9.17, 15) is 5.11 Å². The van der Waals surface area contributed by atoms with Crippen molar-refractivity contribution in [1.82, 2.24) is 0 Å². The molecule has 0 spiro atoms. The predicted molar refractivity (Wildman–Crippen MR) is 87.8 cm³/mol. The van der Waals surface area contributed by atoms with E-state index in [1.54, 1.807) is 12.1 Å². The van der Waals surface area contributed by atoms with Crippen LogP contribution in [0.2, 0.25) is 0 Å². The van der Waals surface area contributed by atoms with Gasteiger partial charge >= 0.3 is 0 Å². The lowest BCUT2D eigenvalue weighted by atomic mass is 10.2. The van der Waals surface area contributed by atoms with Crippen molar-refractivity contribution in [2.45, 2.75) is 59.3 Å². The highest BCUT2D eigenvalue weighted by atomic mass is 16.5. The summed E-state index contributed by atoms with van der Waals surface area (Å²) < 4.78 is 16.9. The molecule has 0 bridgehead atoms. The lowest BCUT2D eigenvalue weighted by Crippen LogP contribution is -2.04. The van der Waals surface area contributed by atoms with Crippen LogP contribution in [0.3, 0.4) is 0 Å². The number of hydrogen-bond donors (Lipinski definition) is 0. The molecule has 0 fully saturated rings. The Bertz CT molecular complexity index is 418. The van der Waals surface area contributed by atoms with E-state index in [-0.39, 0.29) is 5.75 Å². The van der Waals surface area contributed by atoms with E-state index < -0.39 is 0 Å². The van der Waals surface area contributed by atoms with Gasteiger partial charge in [0.05, 0.1) is 19.8 Å². The van der Waals surface area contributed by atoms with Crippen molar-refractivity contribution in [2.24, 2.45) is 0 Å². The summed E-state index contributed by atoms with van der Waals surface area (Å²) in [6.07, 6.45) is 5.90. The first-order chi connectivity index (χ1) is 10.7. The average Bonchev–Trinajstić information content (AvgIpc) is 2.52. The largest absolute Gasteiger partial charge is 0.490 e. The van der Waals surface area contributed by atoms with E-state index in [4.69, 9.17) is 14.2 Å². The summed E-state index contributed by atoms with van der Waals surface area (Å²) in [4.78, 5) is 0. The first-order valence-electron chi connectivity index (χ1n) is 8.46. The highest BCUT2D eigenvalue weighted by Crippen LogP contribution is 2.44. The van der Waals surface area contributed by atoms with Crippen molar-refractivity contribution in [3.8, 4) is 23.0 Å². The van der Waals surface area contributed by atoms with Crippen molar-refractivity contribution in [3.63, 3.8) is 0 Å². The van der Waals surface area contributed by atoms with Gasteiger partial charge in [-0.25, -0.2) is 0 Å². The van der Waals surface area contributed by atoms with Crippen molar-refractivity contribution in [3.05, 3.63) is 12.1 Å². The average molecular weight is 309 g/mol. The molecule has 0 unspecified atom stereocenters. The van der Waals surface area contributed by atoms with Crippen LogP contribution in [-0.4, -0.2) is 19.8 Å². The molecule has 0 saturated carbocycles. The molecule has 1 radical (unpaired) electrons. The number of rotatable bonds is 12. The van der Waals surface area contributed by atoms with E-state index in [1.165, 1.54) is 0 Å². The summed E-state index contributed by atoms with van der Waals surface area (Å²) in [6.45, 7) is 7.95. The van der Waals surface area contributed by atoms with Crippen LogP contribution in [0, 0.1) is 0 Å². The van der Waals surface area contributed by atoms with Crippen LogP contribution in [0.5, 0.6) is 23.0 Å². The third-order valence-corrected chi connectivity index (χ3v) is 3.30. The normalized spacial score (nSPS) is 10.5. The van der Waals surface area contributed by atoms with Crippen LogP contribution in [0.15, 0.2) is 12.1 Å². The van der Waals surface area contributed by atoms with Crippen LogP contribution >= 0.6 is 0 Å². The molecule has 0 atom stereocenters. The summed E-state index contributed by atoms with van der Waals surface area (Å²) >= 11 is 0. The van der Waals surface area contributed by atoms with Gasteiger partial charge in [-0.1, -0.05) is 40.0 Å². The minimum atomic E-state index is -0.207. The summed E-state index contributed by atoms with van der Waals surface area (Å²) in [5, 5.41) is 12.5. The summed E-state index contributed by atoms with van der Waals surface area (Å²) in [7, 11) is 0. The zero-order valence-electron chi connectivity index (χ0n) is 14.2. The Labute approximate surface area is 134 Å². The Balaban J connectivity index is 2.82. The van der Waals surface area contributed by atoms with Crippen LogP contribution in [0.4, 0.5) is 0 Å². The molecule has 1 aromatic rings. The Morgan fingerprint density at radius 3 is 1.73 bits per heavy atom. The van der Waals surface area contributed by atoms with Gasteiger partial charge in [-0.15, -0.1) is 0 Å². The minimum Gasteiger partial charge on any atom is -0.490 e. The Kier molecular flexibility index (Phi) is 9.28. The van der Waals surface area contributed by atoms with Gasteiger partial charge in [0.2, 0.25) is 5.75 Å². The monoisotopic (exact) mass is 309 g/mol. The molecule has 125 valence electrons. The molecule has 0 N–H and O–H groups in total. The van der Waals surface area contributed by atoms with Crippen molar-refractivity contribution >= 4 is 0 Å². The van der Waals surface area contributed by atoms with Gasteiger partial charge in [0.15, 0.2) is 11.5 Å². The number of benzene rings is 1. The fraction of sp³-hybridized carbons (Fsp3) is 0.667. The summed E-state index contributed by atoms with van der Waals surface area (Å²) in [6, 6.07) is 3.46. The van der Waals surface area contributed by atoms with Gasteiger partial charge in [0.25, 0.3) is 5.75 Å². The van der Waals surface area contributed by atoms with E-state index in [0.29, 0.717) is 37.1 Å². The third-order valence-electron chi connectivity index (χ3n) is 3.30. The molecule has 0 aliphatic heterocycles. The predicted octanol–water partition coefficient (Wildman–Crippen LogP) is 5.37. The van der Waals surface area contributed by atoms with E-state index in [1.807, 2.05) is 0 Å². The molecule has 4 nitrogen and oxygen atoms in total. The topological polar surface area (TPSA) is 47.6 Å². The molecule has 1 rings (SSSR count). The Hall–Kier alpha value is -1.58. The van der Waals surface area contributed by atoms with Gasteiger partial charge in [-0.05, 0) is 31.4 Å². The van der Waals surface area contributed by atoms with Crippen LogP contribution in [0.25, 0.3) is 0 Å². The quantitative estimate of drug-likeness (QED) is 0.488. The second-order valence-corrected chi connectivity index (χ2v) is 5.33. The second kappa shape index (κ2) is 11.0. The van der Waals surface area contributed by atoms with Gasteiger partial charge < -0.3 is 14.2 Å². The first kappa shape index (κ1) is 18.5. The number of unbranched alkanes of at least 4 members (excludes halogenated alkanes) is 3. The summed E-state index contributed by atoms with van der Waals surface area (Å²) in [5.41, 5.74) is 0. The first-order valence-corrected chi connectivity index (χ1v) is 8.46. The van der Waals surface area contributed by atoms with Crippen LogP contribution in [0.1, 0.15) is 59.3 Å². The van der Waals surface area contributed by atoms with Crippen LogP contribution < -0.4 is 14.2 Å². The van der Waals surface area contributed by atoms with Gasteiger partial charge in [-0.2, -0.15) is 0 Å². The maximum absolute atomic E-state index is 12.5. The maximum Gasteiger partial charge on any atom is 0.265 e. The summed E-state index contributed by atoms with van der Waals surface area (Å²) in [5.74, 6) is 0.958. The van der Waals surface area contributed by atoms with Crippen molar-refractivity contribution in [2.75, 3.05) is 19.8 Å². The second-order valence-electron chi connectivity index (χ2n) is 5.33. The lowest BCUT2D eigenvalue weighted by Gasteiger charge is -2.15. The SMILES string of the molecule is CCCCOc1ccc(OCCCC)c(OCCCC)c1[O]. The molecular formula is C18H29O4. The van der Waals surface area contributed by atoms with E-state index in [2.05, 4.69) is 20.8 Å². The standard InChI is InChI=1S/C18H29O4/c1-4-7-12-20-15-10-11-16(21-13-8-5-2)18(17(15)19)22-14-9-6-3/h10-11H,4-9,12-14H2,1-3H3. The minimum absolute atomic E-state index is 0.207. The number of ether oxygens (including phenoxy) is 3. The van der Waals surface area contributed by atoms with Gasteiger partial charge in [-0.3, -0.25) is 5.11 Å².